The molecule has 0 amide bonds. The van der Waals surface area contributed by atoms with Crippen molar-refractivity contribution in [3.63, 3.8) is 0 Å². The molecule has 0 bridgehead atoms. The van der Waals surface area contributed by atoms with Crippen LogP contribution in [-0.2, 0) is 6.42 Å². The van der Waals surface area contributed by atoms with E-state index in [9.17, 15) is 9.90 Å². The average molecular weight is 492 g/mol. The third-order valence-electron chi connectivity index (χ3n) is 5.14. The Kier molecular flexibility index (Phi) is 6.66. The summed E-state index contributed by atoms with van der Waals surface area (Å²) in [4.78, 5) is 20.3. The Bertz CT molecular complexity index is 1280. The molecule has 2 N–H and O–H groups in total. The molecule has 0 aliphatic heterocycles. The van der Waals surface area contributed by atoms with Gasteiger partial charge in [-0.3, -0.25) is 0 Å². The average Bonchev–Trinajstić information content (AvgIpc) is 2.81. The Balaban J connectivity index is 1.56. The molecular weight excluding hydrogens is 470 g/mol. The monoisotopic (exact) mass is 491 g/mol. The van der Waals surface area contributed by atoms with Gasteiger partial charge >= 0.3 is 5.97 Å². The molecule has 0 aliphatic carbocycles. The van der Waals surface area contributed by atoms with Crippen LogP contribution in [0.1, 0.15) is 22.8 Å². The summed E-state index contributed by atoms with van der Waals surface area (Å²) in [7, 11) is 0. The number of anilines is 1. The lowest BCUT2D eigenvalue weighted by Gasteiger charge is -2.14. The van der Waals surface area contributed by atoms with Crippen molar-refractivity contribution in [2.75, 3.05) is 18.5 Å². The number of carboxylic acids is 1. The second-order valence-electron chi connectivity index (χ2n) is 7.13. The van der Waals surface area contributed by atoms with Crippen molar-refractivity contribution < 1.29 is 14.6 Å². The summed E-state index contributed by atoms with van der Waals surface area (Å²) < 4.78 is 6.73. The van der Waals surface area contributed by atoms with E-state index in [0.717, 1.165) is 10.9 Å². The zero-order valence-corrected chi connectivity index (χ0v) is 19.1. The first-order valence-electron chi connectivity index (χ1n) is 10.3. The smallest absolute Gasteiger partial charge is 0.339 e. The van der Waals surface area contributed by atoms with E-state index in [0.29, 0.717) is 36.0 Å². The normalized spacial score (nSPS) is 10.8. The fourth-order valence-electron chi connectivity index (χ4n) is 3.69. The van der Waals surface area contributed by atoms with Crippen LogP contribution in [0.2, 0.25) is 0 Å². The van der Waals surface area contributed by atoms with Gasteiger partial charge in [-0.05, 0) is 47.9 Å². The van der Waals surface area contributed by atoms with Gasteiger partial charge in [0, 0.05) is 22.6 Å². The van der Waals surface area contributed by atoms with Crippen molar-refractivity contribution in [2.24, 2.45) is 0 Å². The van der Waals surface area contributed by atoms with Crippen LogP contribution < -0.4 is 10.1 Å². The van der Waals surface area contributed by atoms with Crippen LogP contribution in [0.3, 0.4) is 0 Å². The highest BCUT2D eigenvalue weighted by Crippen LogP contribution is 2.33. The zero-order chi connectivity index (χ0) is 22.5. The molecule has 0 fully saturated rings. The molecule has 1 heterocycles. The molecule has 0 saturated carbocycles. The summed E-state index contributed by atoms with van der Waals surface area (Å²) in [6.07, 6.45) is 2.27. The molecule has 4 rings (SSSR count). The van der Waals surface area contributed by atoms with E-state index in [-0.39, 0.29) is 5.56 Å². The molecule has 3 aromatic carbocycles. The van der Waals surface area contributed by atoms with Gasteiger partial charge in [-0.1, -0.05) is 52.3 Å². The standard InChI is InChI=1S/C25H22BrN3O3/c1-2-32-24-19(8-5-9-20(24)25(30)31)22-14-23(29-15-28-22)27-13-12-18-17-7-4-3-6-16(17)10-11-21(18)26/h3-11,14-15H,2,12-13H2,1H3,(H,30,31)(H,27,28,29). The van der Waals surface area contributed by atoms with Gasteiger partial charge in [0.2, 0.25) is 0 Å². The largest absolute Gasteiger partial charge is 0.492 e. The van der Waals surface area contributed by atoms with Crippen molar-refractivity contribution in [1.82, 2.24) is 9.97 Å². The number of carboxylic acid groups (broad SMARTS) is 1. The van der Waals surface area contributed by atoms with E-state index in [2.05, 4.69) is 55.5 Å². The van der Waals surface area contributed by atoms with Crippen molar-refractivity contribution in [3.05, 3.63) is 82.6 Å². The number of hydrogen-bond acceptors (Lipinski definition) is 5. The van der Waals surface area contributed by atoms with Gasteiger partial charge in [0.05, 0.1) is 12.3 Å². The minimum atomic E-state index is -1.04. The zero-order valence-electron chi connectivity index (χ0n) is 17.5. The Morgan fingerprint density at radius 3 is 2.75 bits per heavy atom. The van der Waals surface area contributed by atoms with Crippen molar-refractivity contribution in [1.29, 1.82) is 0 Å². The molecule has 0 spiro atoms. The molecule has 0 atom stereocenters. The summed E-state index contributed by atoms with van der Waals surface area (Å²) in [6, 6.07) is 19.3. The van der Waals surface area contributed by atoms with Crippen LogP contribution in [-0.4, -0.2) is 34.2 Å². The highest BCUT2D eigenvalue weighted by molar-refractivity contribution is 9.10. The van der Waals surface area contributed by atoms with Gasteiger partial charge in [-0.25, -0.2) is 14.8 Å². The number of rotatable bonds is 8. The Labute approximate surface area is 194 Å². The van der Waals surface area contributed by atoms with E-state index in [1.54, 1.807) is 12.1 Å². The molecule has 0 radical (unpaired) electrons. The number of para-hydroxylation sites is 1. The quantitative estimate of drug-likeness (QED) is 0.323. The van der Waals surface area contributed by atoms with Crippen molar-refractivity contribution in [3.8, 4) is 17.0 Å². The molecular formula is C25H22BrN3O3. The van der Waals surface area contributed by atoms with Crippen LogP contribution in [0.25, 0.3) is 22.0 Å². The van der Waals surface area contributed by atoms with Gasteiger partial charge in [0.1, 0.15) is 23.5 Å². The van der Waals surface area contributed by atoms with Crippen LogP contribution >= 0.6 is 15.9 Å². The fourth-order valence-corrected chi connectivity index (χ4v) is 4.23. The van der Waals surface area contributed by atoms with Gasteiger partial charge in [-0.15, -0.1) is 0 Å². The molecule has 4 aromatic rings. The maximum Gasteiger partial charge on any atom is 0.339 e. The SMILES string of the molecule is CCOc1c(C(=O)O)cccc1-c1cc(NCCc2c(Br)ccc3ccccc23)ncn1. The number of fused-ring (bicyclic) bond motifs is 1. The lowest BCUT2D eigenvalue weighted by atomic mass is 10.0. The highest BCUT2D eigenvalue weighted by Gasteiger charge is 2.17. The van der Waals surface area contributed by atoms with Crippen LogP contribution in [0.4, 0.5) is 5.82 Å². The van der Waals surface area contributed by atoms with Gasteiger partial charge in [-0.2, -0.15) is 0 Å². The third kappa shape index (κ3) is 4.57. The first-order chi connectivity index (χ1) is 15.6. The second-order valence-corrected chi connectivity index (χ2v) is 7.99. The molecule has 7 heteroatoms. The molecule has 0 saturated heterocycles. The summed E-state index contributed by atoms with van der Waals surface area (Å²) >= 11 is 3.67. The lowest BCUT2D eigenvalue weighted by molar-refractivity contribution is 0.0692. The topological polar surface area (TPSA) is 84.3 Å². The van der Waals surface area contributed by atoms with E-state index in [1.165, 1.54) is 28.7 Å². The van der Waals surface area contributed by atoms with Crippen molar-refractivity contribution in [2.45, 2.75) is 13.3 Å². The minimum Gasteiger partial charge on any atom is -0.492 e. The molecule has 0 aliphatic rings. The van der Waals surface area contributed by atoms with Gasteiger partial charge in [0.15, 0.2) is 0 Å². The summed E-state index contributed by atoms with van der Waals surface area (Å²) in [5.74, 6) is -0.0651. The van der Waals surface area contributed by atoms with Crippen molar-refractivity contribution >= 4 is 38.5 Å². The molecule has 6 nitrogen and oxygen atoms in total. The number of ether oxygens (including phenoxy) is 1. The first kappa shape index (κ1) is 21.8. The Morgan fingerprint density at radius 1 is 1.09 bits per heavy atom. The minimum absolute atomic E-state index is 0.110. The fraction of sp³-hybridized carbons (Fsp3) is 0.160. The maximum absolute atomic E-state index is 11.6. The predicted molar refractivity (Wildman–Crippen MR) is 129 cm³/mol. The third-order valence-corrected chi connectivity index (χ3v) is 5.88. The summed E-state index contributed by atoms with van der Waals surface area (Å²) in [6.45, 7) is 2.85. The number of nitrogens with zero attached hydrogens (tertiary/aromatic N) is 2. The van der Waals surface area contributed by atoms with E-state index >= 15 is 0 Å². The van der Waals surface area contributed by atoms with Gasteiger partial charge < -0.3 is 15.2 Å². The number of hydrogen-bond donors (Lipinski definition) is 2. The summed E-state index contributed by atoms with van der Waals surface area (Å²) in [5, 5.41) is 15.3. The van der Waals surface area contributed by atoms with Gasteiger partial charge in [0.25, 0.3) is 0 Å². The number of aromatic nitrogens is 2. The molecule has 0 unspecified atom stereocenters. The first-order valence-corrected chi connectivity index (χ1v) is 11.1. The number of nitrogens with one attached hydrogen (secondary N) is 1. The predicted octanol–water partition coefficient (Wildman–Crippen LogP) is 5.81. The van der Waals surface area contributed by atoms with Crippen LogP contribution in [0, 0.1) is 0 Å². The highest BCUT2D eigenvalue weighted by atomic mass is 79.9. The number of halogens is 1. The number of aromatic carboxylic acids is 1. The Morgan fingerprint density at radius 2 is 1.94 bits per heavy atom. The maximum atomic E-state index is 11.6. The van der Waals surface area contributed by atoms with E-state index < -0.39 is 5.97 Å². The van der Waals surface area contributed by atoms with E-state index in [1.807, 2.05) is 25.1 Å². The van der Waals surface area contributed by atoms with Crippen LogP contribution in [0.5, 0.6) is 5.75 Å². The van der Waals surface area contributed by atoms with E-state index in [4.69, 9.17) is 4.74 Å². The lowest BCUT2D eigenvalue weighted by Crippen LogP contribution is -2.08. The number of carbonyl (C=O) groups is 1. The molecule has 32 heavy (non-hydrogen) atoms. The Hall–Kier alpha value is -3.45. The summed E-state index contributed by atoms with van der Waals surface area (Å²) in [5.41, 5.74) is 2.56. The second kappa shape index (κ2) is 9.78. The van der Waals surface area contributed by atoms with Crippen LogP contribution in [0.15, 0.2) is 71.5 Å². The number of benzene rings is 3. The molecule has 162 valence electrons. The molecule has 1 aromatic heterocycles.